The number of hydrogen-bond acceptors (Lipinski definition) is 3. The molecule has 1 aromatic rings. The monoisotopic (exact) mass is 269 g/mol. The molecule has 2 rings (SSSR count). The molecular weight excluding hydrogens is 250 g/mol. The summed E-state index contributed by atoms with van der Waals surface area (Å²) in [4.78, 5) is 0. The fourth-order valence-electron chi connectivity index (χ4n) is 2.21. The SMILES string of the molecule is ClCCOCCNCC1CCOc2ccccc21. The summed E-state index contributed by atoms with van der Waals surface area (Å²) < 4.78 is 11.0. The maximum atomic E-state index is 5.65. The van der Waals surface area contributed by atoms with Gasteiger partial charge in [0.15, 0.2) is 0 Å². The third-order valence-corrected chi connectivity index (χ3v) is 3.27. The first-order chi connectivity index (χ1) is 8.92. The number of ether oxygens (including phenoxy) is 2. The standard InChI is InChI=1S/C14H20ClNO2/c15-6-9-17-10-7-16-11-12-5-8-18-14-4-2-1-3-13(12)14/h1-4,12,16H,5-11H2. The lowest BCUT2D eigenvalue weighted by Crippen LogP contribution is -2.28. The van der Waals surface area contributed by atoms with Gasteiger partial charge in [-0.3, -0.25) is 0 Å². The highest BCUT2D eigenvalue weighted by molar-refractivity contribution is 6.17. The van der Waals surface area contributed by atoms with Crippen LogP contribution in [0.5, 0.6) is 5.75 Å². The van der Waals surface area contributed by atoms with Gasteiger partial charge in [0.1, 0.15) is 5.75 Å². The van der Waals surface area contributed by atoms with Crippen LogP contribution < -0.4 is 10.1 Å². The van der Waals surface area contributed by atoms with Crippen LogP contribution >= 0.6 is 11.6 Å². The van der Waals surface area contributed by atoms with Crippen molar-refractivity contribution in [3.05, 3.63) is 29.8 Å². The molecule has 0 aliphatic carbocycles. The van der Waals surface area contributed by atoms with Crippen LogP contribution in [0, 0.1) is 0 Å². The van der Waals surface area contributed by atoms with Gasteiger partial charge in [0.25, 0.3) is 0 Å². The maximum Gasteiger partial charge on any atom is 0.122 e. The van der Waals surface area contributed by atoms with Gasteiger partial charge in [0.2, 0.25) is 0 Å². The van der Waals surface area contributed by atoms with E-state index in [-0.39, 0.29) is 0 Å². The molecule has 1 aliphatic heterocycles. The lowest BCUT2D eigenvalue weighted by molar-refractivity contribution is 0.150. The molecule has 0 radical (unpaired) electrons. The fourth-order valence-corrected chi connectivity index (χ4v) is 2.31. The third kappa shape index (κ3) is 3.87. The van der Waals surface area contributed by atoms with Crippen molar-refractivity contribution < 1.29 is 9.47 Å². The number of para-hydroxylation sites is 1. The molecule has 0 saturated heterocycles. The first kappa shape index (κ1) is 13.7. The van der Waals surface area contributed by atoms with Gasteiger partial charge in [-0.15, -0.1) is 11.6 Å². The number of nitrogens with one attached hydrogen (secondary N) is 1. The minimum absolute atomic E-state index is 0.544. The Hall–Kier alpha value is -0.770. The molecule has 0 fully saturated rings. The first-order valence-corrected chi connectivity index (χ1v) is 7.01. The largest absolute Gasteiger partial charge is 0.493 e. The Morgan fingerprint density at radius 1 is 1.33 bits per heavy atom. The molecule has 4 heteroatoms. The number of halogens is 1. The Kier molecular flexibility index (Phi) is 5.78. The van der Waals surface area contributed by atoms with Gasteiger partial charge < -0.3 is 14.8 Å². The zero-order valence-electron chi connectivity index (χ0n) is 10.5. The van der Waals surface area contributed by atoms with E-state index in [4.69, 9.17) is 21.1 Å². The van der Waals surface area contributed by atoms with Crippen molar-refractivity contribution in [1.82, 2.24) is 5.32 Å². The summed E-state index contributed by atoms with van der Waals surface area (Å²) in [5.41, 5.74) is 1.32. The number of hydrogen-bond donors (Lipinski definition) is 1. The lowest BCUT2D eigenvalue weighted by atomic mass is 9.93. The minimum Gasteiger partial charge on any atom is -0.493 e. The molecule has 100 valence electrons. The second kappa shape index (κ2) is 7.62. The molecule has 1 N–H and O–H groups in total. The number of rotatable bonds is 7. The van der Waals surface area contributed by atoms with Crippen LogP contribution in [0.3, 0.4) is 0 Å². The number of benzene rings is 1. The number of fused-ring (bicyclic) bond motifs is 1. The summed E-state index contributed by atoms with van der Waals surface area (Å²) in [6.07, 6.45) is 1.08. The topological polar surface area (TPSA) is 30.5 Å². The summed E-state index contributed by atoms with van der Waals surface area (Å²) in [6.45, 7) is 4.01. The van der Waals surface area contributed by atoms with E-state index >= 15 is 0 Å². The van der Waals surface area contributed by atoms with Gasteiger partial charge in [-0.1, -0.05) is 18.2 Å². The zero-order valence-corrected chi connectivity index (χ0v) is 11.3. The highest BCUT2D eigenvalue weighted by Crippen LogP contribution is 2.32. The van der Waals surface area contributed by atoms with Crippen LogP contribution in [0.2, 0.25) is 0 Å². The minimum atomic E-state index is 0.544. The van der Waals surface area contributed by atoms with Gasteiger partial charge in [-0.05, 0) is 18.1 Å². The Morgan fingerprint density at radius 2 is 2.22 bits per heavy atom. The molecule has 1 unspecified atom stereocenters. The van der Waals surface area contributed by atoms with E-state index in [0.717, 1.165) is 38.5 Å². The Morgan fingerprint density at radius 3 is 3.11 bits per heavy atom. The molecule has 3 nitrogen and oxygen atoms in total. The average molecular weight is 270 g/mol. The van der Waals surface area contributed by atoms with Crippen LogP contribution in [-0.4, -0.2) is 38.8 Å². The summed E-state index contributed by atoms with van der Waals surface area (Å²) in [6, 6.07) is 8.30. The highest BCUT2D eigenvalue weighted by Gasteiger charge is 2.20. The third-order valence-electron chi connectivity index (χ3n) is 3.12. The summed E-state index contributed by atoms with van der Waals surface area (Å²) >= 11 is 5.53. The van der Waals surface area contributed by atoms with Crippen molar-refractivity contribution in [2.24, 2.45) is 0 Å². The fraction of sp³-hybridized carbons (Fsp3) is 0.571. The summed E-state index contributed by atoms with van der Waals surface area (Å²) in [7, 11) is 0. The van der Waals surface area contributed by atoms with Crippen LogP contribution in [0.1, 0.15) is 17.9 Å². The van der Waals surface area contributed by atoms with Crippen molar-refractivity contribution in [2.75, 3.05) is 38.8 Å². The molecule has 0 saturated carbocycles. The van der Waals surface area contributed by atoms with Crippen molar-refractivity contribution in [3.63, 3.8) is 0 Å². The molecular formula is C14H20ClNO2. The molecule has 1 atom stereocenters. The van der Waals surface area contributed by atoms with E-state index in [9.17, 15) is 0 Å². The zero-order chi connectivity index (χ0) is 12.6. The van der Waals surface area contributed by atoms with E-state index in [1.54, 1.807) is 0 Å². The molecule has 1 aliphatic rings. The second-order valence-electron chi connectivity index (χ2n) is 4.38. The van der Waals surface area contributed by atoms with Gasteiger partial charge in [-0.2, -0.15) is 0 Å². The molecule has 0 bridgehead atoms. The number of alkyl halides is 1. The Balaban J connectivity index is 1.74. The van der Waals surface area contributed by atoms with Gasteiger partial charge in [0.05, 0.1) is 19.8 Å². The predicted octanol–water partition coefficient (Wildman–Crippen LogP) is 2.40. The normalized spacial score (nSPS) is 18.2. The van der Waals surface area contributed by atoms with Gasteiger partial charge in [0, 0.05) is 24.9 Å². The first-order valence-electron chi connectivity index (χ1n) is 6.48. The summed E-state index contributed by atoms with van der Waals surface area (Å²) in [5, 5.41) is 3.43. The molecule has 0 aromatic heterocycles. The quantitative estimate of drug-likeness (QED) is 0.609. The van der Waals surface area contributed by atoms with E-state index in [2.05, 4.69) is 17.4 Å². The van der Waals surface area contributed by atoms with E-state index in [1.807, 2.05) is 12.1 Å². The summed E-state index contributed by atoms with van der Waals surface area (Å²) in [5.74, 6) is 2.14. The van der Waals surface area contributed by atoms with Crippen LogP contribution in [0.4, 0.5) is 0 Å². The maximum absolute atomic E-state index is 5.65. The van der Waals surface area contributed by atoms with Crippen LogP contribution in [0.15, 0.2) is 24.3 Å². The predicted molar refractivity (Wildman–Crippen MR) is 73.7 cm³/mol. The van der Waals surface area contributed by atoms with E-state index < -0.39 is 0 Å². The lowest BCUT2D eigenvalue weighted by Gasteiger charge is -2.26. The van der Waals surface area contributed by atoms with Gasteiger partial charge >= 0.3 is 0 Å². The van der Waals surface area contributed by atoms with Crippen LogP contribution in [0.25, 0.3) is 0 Å². The molecule has 0 spiro atoms. The Bertz CT molecular complexity index is 359. The van der Waals surface area contributed by atoms with E-state index in [1.165, 1.54) is 5.56 Å². The van der Waals surface area contributed by atoms with E-state index in [0.29, 0.717) is 18.4 Å². The van der Waals surface area contributed by atoms with Crippen molar-refractivity contribution >= 4 is 11.6 Å². The van der Waals surface area contributed by atoms with Crippen molar-refractivity contribution in [2.45, 2.75) is 12.3 Å². The molecule has 0 amide bonds. The Labute approximate surface area is 113 Å². The smallest absolute Gasteiger partial charge is 0.122 e. The molecule has 18 heavy (non-hydrogen) atoms. The van der Waals surface area contributed by atoms with Crippen molar-refractivity contribution in [3.8, 4) is 5.75 Å². The molecule has 1 heterocycles. The average Bonchev–Trinajstić information content (AvgIpc) is 2.43. The van der Waals surface area contributed by atoms with Gasteiger partial charge in [-0.25, -0.2) is 0 Å². The van der Waals surface area contributed by atoms with Crippen molar-refractivity contribution in [1.29, 1.82) is 0 Å². The van der Waals surface area contributed by atoms with Crippen LogP contribution in [-0.2, 0) is 4.74 Å². The highest BCUT2D eigenvalue weighted by atomic mass is 35.5. The second-order valence-corrected chi connectivity index (χ2v) is 4.76. The molecule has 1 aromatic carbocycles.